The molecule has 2 aliphatic heterocycles. The van der Waals surface area contributed by atoms with Crippen molar-refractivity contribution in [3.63, 3.8) is 0 Å². The lowest BCUT2D eigenvalue weighted by atomic mass is 10.1. The molecule has 0 radical (unpaired) electrons. The largest absolute Gasteiger partial charge is 0.387 e. The number of hydrogen-bond acceptors (Lipinski definition) is 9. The highest BCUT2D eigenvalue weighted by Gasteiger charge is 2.20. The second-order valence-corrected chi connectivity index (χ2v) is 8.89. The Balaban J connectivity index is 1.45. The summed E-state index contributed by atoms with van der Waals surface area (Å²) >= 11 is 0. The van der Waals surface area contributed by atoms with Gasteiger partial charge in [-0.15, -0.1) is 0 Å². The second-order valence-electron chi connectivity index (χ2n) is 8.89. The number of aryl methyl sites for hydroxylation is 1. The van der Waals surface area contributed by atoms with E-state index in [2.05, 4.69) is 31.5 Å². The van der Waals surface area contributed by atoms with Crippen LogP contribution in [0.2, 0.25) is 0 Å². The molecule has 0 aliphatic carbocycles. The van der Waals surface area contributed by atoms with Crippen LogP contribution in [-0.2, 0) is 0 Å². The van der Waals surface area contributed by atoms with E-state index in [4.69, 9.17) is 15.0 Å². The Morgan fingerprint density at radius 3 is 2.52 bits per heavy atom. The van der Waals surface area contributed by atoms with E-state index in [-0.39, 0.29) is 0 Å². The maximum absolute atomic E-state index is 10.1. The number of piperidine rings is 1. The molecule has 1 atom stereocenters. The van der Waals surface area contributed by atoms with Gasteiger partial charge in [-0.05, 0) is 51.3 Å². The summed E-state index contributed by atoms with van der Waals surface area (Å²) < 4.78 is 0. The average molecular weight is 449 g/mol. The Morgan fingerprint density at radius 1 is 1.00 bits per heavy atom. The van der Waals surface area contributed by atoms with Gasteiger partial charge in [-0.3, -0.25) is 0 Å². The van der Waals surface area contributed by atoms with Crippen LogP contribution in [0.3, 0.4) is 0 Å². The van der Waals surface area contributed by atoms with Crippen LogP contribution in [0, 0.1) is 6.92 Å². The summed E-state index contributed by atoms with van der Waals surface area (Å²) in [5, 5.41) is 17.7. The molecule has 0 saturated carbocycles. The number of piperazine rings is 1. The first-order valence-corrected chi connectivity index (χ1v) is 11.9. The summed E-state index contributed by atoms with van der Waals surface area (Å²) in [5.74, 6) is 2.04. The highest BCUT2D eigenvalue weighted by molar-refractivity contribution is 5.89. The van der Waals surface area contributed by atoms with E-state index in [1.54, 1.807) is 13.1 Å². The molecule has 0 spiro atoms. The van der Waals surface area contributed by atoms with Gasteiger partial charge in [-0.25, -0.2) is 19.9 Å². The first kappa shape index (κ1) is 21.8. The summed E-state index contributed by atoms with van der Waals surface area (Å²) in [5.41, 5.74) is 3.60. The van der Waals surface area contributed by atoms with Gasteiger partial charge in [0.25, 0.3) is 0 Å². The average Bonchev–Trinajstić information content (AvgIpc) is 2.84. The molecule has 2 aliphatic rings. The SMILES string of the molecule is Cc1nc(Nc2ncc3cc(C(C)O)nc(N4CCCCC4)c3n2)ccc1N1CCNCC1. The monoisotopic (exact) mass is 448 g/mol. The smallest absolute Gasteiger partial charge is 0.229 e. The van der Waals surface area contributed by atoms with Crippen molar-refractivity contribution in [2.24, 2.45) is 0 Å². The van der Waals surface area contributed by atoms with Gasteiger partial charge >= 0.3 is 0 Å². The number of rotatable bonds is 5. The topological polar surface area (TPSA) is 102 Å². The fourth-order valence-corrected chi connectivity index (χ4v) is 4.62. The van der Waals surface area contributed by atoms with Gasteiger partial charge in [0.15, 0.2) is 5.82 Å². The predicted molar refractivity (Wildman–Crippen MR) is 131 cm³/mol. The van der Waals surface area contributed by atoms with E-state index >= 15 is 0 Å². The van der Waals surface area contributed by atoms with Crippen molar-refractivity contribution in [3.05, 3.63) is 35.8 Å². The number of fused-ring (bicyclic) bond motifs is 1. The molecule has 2 fully saturated rings. The number of nitrogens with one attached hydrogen (secondary N) is 2. The van der Waals surface area contributed by atoms with Gasteiger partial charge in [0.2, 0.25) is 5.95 Å². The van der Waals surface area contributed by atoms with Crippen molar-refractivity contribution in [1.29, 1.82) is 0 Å². The van der Waals surface area contributed by atoms with E-state index in [0.717, 1.165) is 80.3 Å². The zero-order chi connectivity index (χ0) is 22.8. The molecule has 3 aromatic heterocycles. The van der Waals surface area contributed by atoms with Crippen molar-refractivity contribution in [3.8, 4) is 0 Å². The maximum Gasteiger partial charge on any atom is 0.229 e. The van der Waals surface area contributed by atoms with Crippen LogP contribution in [0.15, 0.2) is 24.4 Å². The molecule has 9 nitrogen and oxygen atoms in total. The summed E-state index contributed by atoms with van der Waals surface area (Å²) in [6.45, 7) is 9.65. The highest BCUT2D eigenvalue weighted by Crippen LogP contribution is 2.30. The number of hydrogen-bond donors (Lipinski definition) is 3. The molecule has 3 aromatic rings. The predicted octanol–water partition coefficient (Wildman–Crippen LogP) is 2.93. The minimum absolute atomic E-state index is 0.495. The number of pyridine rings is 2. The summed E-state index contributed by atoms with van der Waals surface area (Å²) in [4.78, 5) is 23.5. The van der Waals surface area contributed by atoms with Crippen LogP contribution in [0.25, 0.3) is 10.9 Å². The molecule has 9 heteroatoms. The van der Waals surface area contributed by atoms with Gasteiger partial charge in [0.05, 0.1) is 23.2 Å². The van der Waals surface area contributed by atoms with Gasteiger partial charge in [-0.2, -0.15) is 0 Å². The third kappa shape index (κ3) is 4.69. The van der Waals surface area contributed by atoms with Crippen LogP contribution < -0.4 is 20.4 Å². The van der Waals surface area contributed by atoms with Gasteiger partial charge in [0.1, 0.15) is 11.3 Å². The summed E-state index contributed by atoms with van der Waals surface area (Å²) in [6, 6.07) is 5.98. The quantitative estimate of drug-likeness (QED) is 0.544. The zero-order valence-electron chi connectivity index (χ0n) is 19.4. The van der Waals surface area contributed by atoms with Crippen LogP contribution in [0.1, 0.15) is 43.7 Å². The van der Waals surface area contributed by atoms with Gasteiger partial charge < -0.3 is 25.5 Å². The fourth-order valence-electron chi connectivity index (χ4n) is 4.62. The molecule has 33 heavy (non-hydrogen) atoms. The number of anilines is 4. The Bertz CT molecular complexity index is 1120. The minimum Gasteiger partial charge on any atom is -0.387 e. The lowest BCUT2D eigenvalue weighted by Gasteiger charge is -2.30. The summed E-state index contributed by atoms with van der Waals surface area (Å²) in [7, 11) is 0. The molecule has 0 amide bonds. The molecule has 0 bridgehead atoms. The van der Waals surface area contributed by atoms with Crippen LogP contribution >= 0.6 is 0 Å². The lowest BCUT2D eigenvalue weighted by Crippen LogP contribution is -2.43. The van der Waals surface area contributed by atoms with Crippen molar-refractivity contribution < 1.29 is 5.11 Å². The normalized spacial score (nSPS) is 17.9. The standard InChI is InChI=1S/C24H32N8O/c1-16-20(31-12-8-25-9-13-31)6-7-21(27-16)29-24-26-15-18-14-19(17(2)33)28-23(22(18)30-24)32-10-4-3-5-11-32/h6-7,14-15,17,25,33H,3-5,8-13H2,1-2H3,(H,26,27,29,30). The van der Waals surface area contributed by atoms with Crippen molar-refractivity contribution in [2.75, 3.05) is 54.4 Å². The maximum atomic E-state index is 10.1. The van der Waals surface area contributed by atoms with Crippen molar-refractivity contribution in [2.45, 2.75) is 39.2 Å². The van der Waals surface area contributed by atoms with E-state index in [0.29, 0.717) is 11.6 Å². The van der Waals surface area contributed by atoms with Crippen molar-refractivity contribution >= 4 is 34.2 Å². The van der Waals surface area contributed by atoms with E-state index < -0.39 is 6.10 Å². The lowest BCUT2D eigenvalue weighted by molar-refractivity contribution is 0.194. The molecular weight excluding hydrogens is 416 g/mol. The van der Waals surface area contributed by atoms with E-state index in [1.807, 2.05) is 19.1 Å². The Kier molecular flexibility index (Phi) is 6.24. The van der Waals surface area contributed by atoms with E-state index in [9.17, 15) is 5.11 Å². The minimum atomic E-state index is -0.642. The molecule has 174 valence electrons. The van der Waals surface area contributed by atoms with Crippen LogP contribution in [-0.4, -0.2) is 64.3 Å². The number of nitrogens with zero attached hydrogens (tertiary/aromatic N) is 6. The zero-order valence-corrected chi connectivity index (χ0v) is 19.4. The third-order valence-electron chi connectivity index (χ3n) is 6.41. The summed E-state index contributed by atoms with van der Waals surface area (Å²) in [6.07, 6.45) is 4.67. The number of aliphatic hydroxyl groups excluding tert-OH is 1. The van der Waals surface area contributed by atoms with Gasteiger partial charge in [-0.1, -0.05) is 0 Å². The van der Waals surface area contributed by atoms with Crippen LogP contribution in [0.5, 0.6) is 0 Å². The molecule has 3 N–H and O–H groups in total. The molecule has 5 rings (SSSR count). The molecule has 5 heterocycles. The Labute approximate surface area is 194 Å². The first-order chi connectivity index (χ1) is 16.1. The van der Waals surface area contributed by atoms with E-state index in [1.165, 1.54) is 12.1 Å². The Hall–Kier alpha value is -3.04. The number of aromatic nitrogens is 4. The second kappa shape index (κ2) is 9.44. The van der Waals surface area contributed by atoms with Crippen LogP contribution in [0.4, 0.5) is 23.3 Å². The Morgan fingerprint density at radius 2 is 1.79 bits per heavy atom. The third-order valence-corrected chi connectivity index (χ3v) is 6.41. The fraction of sp³-hybridized carbons (Fsp3) is 0.500. The van der Waals surface area contributed by atoms with Gasteiger partial charge in [0, 0.05) is 50.9 Å². The molecule has 1 unspecified atom stereocenters. The highest BCUT2D eigenvalue weighted by atomic mass is 16.3. The molecule has 2 saturated heterocycles. The number of aliphatic hydroxyl groups is 1. The molecular formula is C24H32N8O. The molecule has 0 aromatic carbocycles. The van der Waals surface area contributed by atoms with Crippen molar-refractivity contribution in [1.82, 2.24) is 25.3 Å². The first-order valence-electron chi connectivity index (χ1n) is 11.9.